The number of amides is 1. The van der Waals surface area contributed by atoms with Crippen LogP contribution < -0.4 is 9.80 Å². The lowest BCUT2D eigenvalue weighted by Gasteiger charge is -2.46. The molecule has 0 unspecified atom stereocenters. The van der Waals surface area contributed by atoms with E-state index in [1.807, 2.05) is 41.3 Å². The van der Waals surface area contributed by atoms with Crippen molar-refractivity contribution in [3.8, 4) is 0 Å². The van der Waals surface area contributed by atoms with Crippen LogP contribution in [0.2, 0.25) is 0 Å². The predicted octanol–water partition coefficient (Wildman–Crippen LogP) is 7.07. The number of rotatable bonds is 4. The van der Waals surface area contributed by atoms with Crippen LogP contribution in [0.4, 0.5) is 24.5 Å². The summed E-state index contributed by atoms with van der Waals surface area (Å²) < 4.78 is 42.5. The number of alkyl halides is 3. The van der Waals surface area contributed by atoms with E-state index in [0.29, 0.717) is 23.5 Å². The molecule has 0 aromatic heterocycles. The fourth-order valence-corrected chi connectivity index (χ4v) is 4.50. The van der Waals surface area contributed by atoms with Gasteiger partial charge in [-0.2, -0.15) is 13.2 Å². The summed E-state index contributed by atoms with van der Waals surface area (Å²) in [5, 5.41) is 0. The molecule has 0 fully saturated rings. The van der Waals surface area contributed by atoms with E-state index in [-0.39, 0.29) is 11.5 Å². The fourth-order valence-electron chi connectivity index (χ4n) is 4.50. The molecule has 3 nitrogen and oxygen atoms in total. The van der Waals surface area contributed by atoms with Crippen molar-refractivity contribution in [1.82, 2.24) is 0 Å². The molecule has 0 saturated heterocycles. The molecule has 170 valence electrons. The fraction of sp³-hybridized carbons (Fsp3) is 0.107. The normalized spacial score (nSPS) is 15.9. The lowest BCUT2D eigenvalue weighted by molar-refractivity contribution is -0.138. The molecule has 4 aromatic rings. The molecule has 6 heteroatoms. The highest BCUT2D eigenvalue weighted by molar-refractivity contribution is 6.12. The monoisotopic (exact) mass is 458 g/mol. The van der Waals surface area contributed by atoms with Gasteiger partial charge in [-0.15, -0.1) is 0 Å². The maximum atomic E-state index is 14.2. The number of halogens is 3. The lowest BCUT2D eigenvalue weighted by atomic mass is 9.96. The minimum atomic E-state index is -4.57. The zero-order valence-electron chi connectivity index (χ0n) is 18.1. The Kier molecular flexibility index (Phi) is 5.57. The van der Waals surface area contributed by atoms with Crippen molar-refractivity contribution in [2.24, 2.45) is 0 Å². The molecule has 5 rings (SSSR count). The molecular formula is C28H21F3N2O. The molecule has 1 heterocycles. The van der Waals surface area contributed by atoms with Gasteiger partial charge in [-0.3, -0.25) is 9.69 Å². The van der Waals surface area contributed by atoms with Crippen LogP contribution in [0.1, 0.15) is 33.2 Å². The van der Waals surface area contributed by atoms with Gasteiger partial charge in [0.25, 0.3) is 5.91 Å². The molecule has 4 aromatic carbocycles. The molecule has 0 bridgehead atoms. The molecule has 0 saturated carbocycles. The Balaban J connectivity index is 1.78. The van der Waals surface area contributed by atoms with Crippen molar-refractivity contribution in [2.75, 3.05) is 9.80 Å². The topological polar surface area (TPSA) is 23.6 Å². The number of fused-ring (bicyclic) bond motifs is 1. The molecule has 0 spiro atoms. The summed E-state index contributed by atoms with van der Waals surface area (Å²) in [6.45, 7) is 0.325. The van der Waals surface area contributed by atoms with Crippen LogP contribution in [-0.2, 0) is 12.7 Å². The molecule has 0 radical (unpaired) electrons. The largest absolute Gasteiger partial charge is 0.416 e. The lowest BCUT2D eigenvalue weighted by Crippen LogP contribution is -2.50. The third-order valence-corrected chi connectivity index (χ3v) is 5.98. The summed E-state index contributed by atoms with van der Waals surface area (Å²) in [6.07, 6.45) is -5.57. The second kappa shape index (κ2) is 8.71. The molecule has 0 aliphatic carbocycles. The SMILES string of the molecule is O=C1c2ccccc2N(Cc2ccccc2)[C@H](c2ccccc2C(F)(F)F)N1c1ccccc1. The molecule has 34 heavy (non-hydrogen) atoms. The Morgan fingerprint density at radius 3 is 2.00 bits per heavy atom. The summed E-state index contributed by atoms with van der Waals surface area (Å²) in [5.74, 6) is -0.340. The Hall–Kier alpha value is -4.06. The first-order chi connectivity index (χ1) is 16.4. The standard InChI is InChI=1S/C28H21F3N2O/c29-28(30,31)24-17-9-7-15-22(24)26-32(19-20-11-3-1-4-12-20)25-18-10-8-16-23(25)27(34)33(26)21-13-5-2-6-14-21/h1-18,26H,19H2/t26-/m0/s1. The van der Waals surface area contributed by atoms with Gasteiger partial charge in [-0.05, 0) is 35.9 Å². The zero-order chi connectivity index (χ0) is 23.7. The van der Waals surface area contributed by atoms with Gasteiger partial charge in [0.1, 0.15) is 6.17 Å². The molecule has 1 aliphatic heterocycles. The summed E-state index contributed by atoms with van der Waals surface area (Å²) in [6, 6.07) is 31.0. The van der Waals surface area contributed by atoms with Crippen LogP contribution >= 0.6 is 0 Å². The van der Waals surface area contributed by atoms with Crippen LogP contribution in [0.5, 0.6) is 0 Å². The van der Waals surface area contributed by atoms with Crippen LogP contribution in [0, 0.1) is 0 Å². The van der Waals surface area contributed by atoms with Gasteiger partial charge < -0.3 is 4.90 Å². The van der Waals surface area contributed by atoms with Gasteiger partial charge >= 0.3 is 6.18 Å². The number of hydrogen-bond donors (Lipinski definition) is 0. The third kappa shape index (κ3) is 3.92. The van der Waals surface area contributed by atoms with E-state index >= 15 is 0 Å². The average molecular weight is 458 g/mol. The van der Waals surface area contributed by atoms with Gasteiger partial charge in [0.15, 0.2) is 0 Å². The van der Waals surface area contributed by atoms with E-state index in [4.69, 9.17) is 0 Å². The van der Waals surface area contributed by atoms with Crippen LogP contribution in [0.3, 0.4) is 0 Å². The minimum Gasteiger partial charge on any atom is -0.342 e. The smallest absolute Gasteiger partial charge is 0.342 e. The maximum Gasteiger partial charge on any atom is 0.416 e. The van der Waals surface area contributed by atoms with Crippen molar-refractivity contribution in [2.45, 2.75) is 18.9 Å². The van der Waals surface area contributed by atoms with Crippen molar-refractivity contribution in [1.29, 1.82) is 0 Å². The third-order valence-electron chi connectivity index (χ3n) is 5.98. The van der Waals surface area contributed by atoms with Crippen LogP contribution in [0.25, 0.3) is 0 Å². The van der Waals surface area contributed by atoms with E-state index in [1.54, 1.807) is 54.6 Å². The number of anilines is 2. The highest BCUT2D eigenvalue weighted by Gasteiger charge is 2.44. The summed E-state index contributed by atoms with van der Waals surface area (Å²) in [5.41, 5.74) is 1.77. The average Bonchev–Trinajstić information content (AvgIpc) is 2.86. The van der Waals surface area contributed by atoms with E-state index in [1.165, 1.54) is 17.0 Å². The number of nitrogens with zero attached hydrogens (tertiary/aromatic N) is 2. The number of carbonyl (C=O) groups excluding carboxylic acids is 1. The van der Waals surface area contributed by atoms with E-state index in [2.05, 4.69) is 0 Å². The summed E-state index contributed by atoms with van der Waals surface area (Å²) in [7, 11) is 0. The highest BCUT2D eigenvalue weighted by Crippen LogP contribution is 2.45. The molecule has 1 aliphatic rings. The molecule has 1 amide bonds. The van der Waals surface area contributed by atoms with E-state index in [0.717, 1.165) is 11.6 Å². The highest BCUT2D eigenvalue weighted by atomic mass is 19.4. The summed E-state index contributed by atoms with van der Waals surface area (Å²) in [4.78, 5) is 17.1. The van der Waals surface area contributed by atoms with Gasteiger partial charge in [0, 0.05) is 17.8 Å². The molecule has 1 atom stereocenters. The first-order valence-corrected chi connectivity index (χ1v) is 10.9. The number of benzene rings is 4. The maximum absolute atomic E-state index is 14.2. The van der Waals surface area contributed by atoms with Crippen molar-refractivity contribution < 1.29 is 18.0 Å². The summed E-state index contributed by atoms with van der Waals surface area (Å²) >= 11 is 0. The van der Waals surface area contributed by atoms with Gasteiger partial charge in [0.2, 0.25) is 0 Å². The van der Waals surface area contributed by atoms with Crippen molar-refractivity contribution in [3.63, 3.8) is 0 Å². The Labute approximate surface area is 195 Å². The second-order valence-electron chi connectivity index (χ2n) is 8.10. The number of para-hydroxylation sites is 2. The second-order valence-corrected chi connectivity index (χ2v) is 8.10. The predicted molar refractivity (Wildman–Crippen MR) is 127 cm³/mol. The Morgan fingerprint density at radius 1 is 0.706 bits per heavy atom. The van der Waals surface area contributed by atoms with Gasteiger partial charge in [-0.1, -0.05) is 78.9 Å². The number of carbonyl (C=O) groups is 1. The minimum absolute atomic E-state index is 0.0256. The van der Waals surface area contributed by atoms with Crippen molar-refractivity contribution >= 4 is 17.3 Å². The van der Waals surface area contributed by atoms with Gasteiger partial charge in [-0.25, -0.2) is 0 Å². The van der Waals surface area contributed by atoms with Crippen LogP contribution in [0.15, 0.2) is 109 Å². The molecular weight excluding hydrogens is 437 g/mol. The van der Waals surface area contributed by atoms with E-state index < -0.39 is 17.9 Å². The Bertz CT molecular complexity index is 1310. The Morgan fingerprint density at radius 2 is 1.29 bits per heavy atom. The zero-order valence-corrected chi connectivity index (χ0v) is 18.1. The molecule has 0 N–H and O–H groups in total. The van der Waals surface area contributed by atoms with Gasteiger partial charge in [0.05, 0.1) is 16.8 Å². The van der Waals surface area contributed by atoms with E-state index in [9.17, 15) is 18.0 Å². The first-order valence-electron chi connectivity index (χ1n) is 10.9. The number of hydrogen-bond acceptors (Lipinski definition) is 2. The quantitative estimate of drug-likeness (QED) is 0.327. The van der Waals surface area contributed by atoms with Crippen LogP contribution in [-0.4, -0.2) is 5.91 Å². The van der Waals surface area contributed by atoms with Crippen molar-refractivity contribution in [3.05, 3.63) is 131 Å². The first kappa shape index (κ1) is 21.8.